The van der Waals surface area contributed by atoms with E-state index >= 15 is 0 Å². The number of nitrogens with zero attached hydrogens (tertiary/aromatic N) is 2. The van der Waals surface area contributed by atoms with E-state index in [0.29, 0.717) is 23.9 Å². The zero-order valence-corrected chi connectivity index (χ0v) is 14.9. The molecule has 2 N–H and O–H groups in total. The second-order valence-corrected chi connectivity index (χ2v) is 7.35. The van der Waals surface area contributed by atoms with E-state index in [0.717, 1.165) is 75.8 Å². The molecular weight excluding hydrogens is 326 g/mol. The lowest BCUT2D eigenvalue weighted by atomic mass is 9.82. The van der Waals surface area contributed by atoms with Gasteiger partial charge in [0, 0.05) is 31.1 Å². The van der Waals surface area contributed by atoms with E-state index in [-0.39, 0.29) is 11.2 Å². The number of aromatic nitrogens is 2. The predicted molar refractivity (Wildman–Crippen MR) is 94.0 cm³/mol. The second kappa shape index (κ2) is 8.26. The molecule has 5 nitrogen and oxygen atoms in total. The lowest BCUT2D eigenvalue weighted by Crippen LogP contribution is -2.22. The molecule has 0 spiro atoms. The standard InChI is InChI=1S/C18H26ClN3O2/c19-18-21-15-6-4-12(11-14(15)17(20)22-18)5-7-16(23)13-3-1-2-9-24-10-8-13/h12-13H,1-11H2,(H2,20,21,22). The summed E-state index contributed by atoms with van der Waals surface area (Å²) in [4.78, 5) is 20.9. The minimum absolute atomic E-state index is 0.188. The highest BCUT2D eigenvalue weighted by Gasteiger charge is 2.25. The van der Waals surface area contributed by atoms with Gasteiger partial charge < -0.3 is 10.5 Å². The van der Waals surface area contributed by atoms with E-state index < -0.39 is 0 Å². The maximum Gasteiger partial charge on any atom is 0.224 e. The van der Waals surface area contributed by atoms with Crippen molar-refractivity contribution in [2.24, 2.45) is 11.8 Å². The molecule has 132 valence electrons. The van der Waals surface area contributed by atoms with Gasteiger partial charge in [-0.2, -0.15) is 0 Å². The number of carbonyl (C=O) groups excluding carboxylic acids is 1. The van der Waals surface area contributed by atoms with Crippen LogP contribution in [0.15, 0.2) is 0 Å². The Morgan fingerprint density at radius 3 is 2.96 bits per heavy atom. The Morgan fingerprint density at radius 2 is 2.08 bits per heavy atom. The molecule has 3 rings (SSSR count). The third-order valence-corrected chi connectivity index (χ3v) is 5.50. The number of aryl methyl sites for hydroxylation is 1. The van der Waals surface area contributed by atoms with Crippen LogP contribution in [0.25, 0.3) is 0 Å². The number of hydrogen-bond donors (Lipinski definition) is 1. The summed E-state index contributed by atoms with van der Waals surface area (Å²) in [7, 11) is 0. The number of rotatable bonds is 4. The smallest absolute Gasteiger partial charge is 0.224 e. The molecular formula is C18H26ClN3O2. The van der Waals surface area contributed by atoms with Crippen LogP contribution >= 0.6 is 11.6 Å². The Labute approximate surface area is 148 Å². The molecule has 1 fully saturated rings. The number of nitrogens with two attached hydrogens (primary N) is 1. The molecule has 1 aromatic rings. The van der Waals surface area contributed by atoms with Crippen molar-refractivity contribution in [2.45, 2.75) is 57.8 Å². The molecule has 6 heteroatoms. The molecule has 1 aromatic heterocycles. The third-order valence-electron chi connectivity index (χ3n) is 5.34. The maximum absolute atomic E-state index is 12.5. The summed E-state index contributed by atoms with van der Waals surface area (Å²) in [5, 5.41) is 0.228. The second-order valence-electron chi connectivity index (χ2n) is 7.01. The van der Waals surface area contributed by atoms with Gasteiger partial charge in [-0.3, -0.25) is 4.79 Å². The number of nitrogen functional groups attached to an aromatic ring is 1. The first kappa shape index (κ1) is 17.6. The van der Waals surface area contributed by atoms with Gasteiger partial charge in [0.25, 0.3) is 0 Å². The van der Waals surface area contributed by atoms with E-state index in [1.807, 2.05) is 0 Å². The van der Waals surface area contributed by atoms with Gasteiger partial charge >= 0.3 is 0 Å². The van der Waals surface area contributed by atoms with Gasteiger partial charge in [0.15, 0.2) is 0 Å². The van der Waals surface area contributed by atoms with Gasteiger partial charge in [-0.05, 0) is 62.5 Å². The molecule has 0 aromatic carbocycles. The number of anilines is 1. The number of fused-ring (bicyclic) bond motifs is 1. The van der Waals surface area contributed by atoms with Gasteiger partial charge in [0.1, 0.15) is 11.6 Å². The molecule has 0 bridgehead atoms. The molecule has 0 radical (unpaired) electrons. The van der Waals surface area contributed by atoms with Crippen molar-refractivity contribution in [3.8, 4) is 0 Å². The van der Waals surface area contributed by atoms with Crippen molar-refractivity contribution in [2.75, 3.05) is 18.9 Å². The van der Waals surface area contributed by atoms with Crippen LogP contribution in [0.4, 0.5) is 5.82 Å². The Kier molecular flexibility index (Phi) is 6.06. The largest absolute Gasteiger partial charge is 0.383 e. The summed E-state index contributed by atoms with van der Waals surface area (Å²) in [5.74, 6) is 1.58. The van der Waals surface area contributed by atoms with Crippen molar-refractivity contribution in [1.82, 2.24) is 9.97 Å². The van der Waals surface area contributed by atoms with Crippen molar-refractivity contribution in [3.63, 3.8) is 0 Å². The van der Waals surface area contributed by atoms with Crippen molar-refractivity contribution in [3.05, 3.63) is 16.5 Å². The molecule has 0 amide bonds. The summed E-state index contributed by atoms with van der Waals surface area (Å²) in [5.41, 5.74) is 8.00. The van der Waals surface area contributed by atoms with Crippen molar-refractivity contribution >= 4 is 23.2 Å². The van der Waals surface area contributed by atoms with Gasteiger partial charge in [0.2, 0.25) is 5.28 Å². The van der Waals surface area contributed by atoms with Gasteiger partial charge in [-0.1, -0.05) is 6.42 Å². The SMILES string of the molecule is Nc1nc(Cl)nc2c1CC(CCC(=O)C1CCCCOCC1)CC2. The molecule has 1 aliphatic heterocycles. The van der Waals surface area contributed by atoms with E-state index in [1.54, 1.807) is 0 Å². The van der Waals surface area contributed by atoms with Crippen LogP contribution in [0, 0.1) is 11.8 Å². The van der Waals surface area contributed by atoms with Crippen LogP contribution in [0.5, 0.6) is 0 Å². The summed E-state index contributed by atoms with van der Waals surface area (Å²) in [6.45, 7) is 1.57. The highest BCUT2D eigenvalue weighted by atomic mass is 35.5. The molecule has 2 unspecified atom stereocenters. The van der Waals surface area contributed by atoms with Gasteiger partial charge in [-0.25, -0.2) is 9.97 Å². The summed E-state index contributed by atoms with van der Waals surface area (Å²) < 4.78 is 5.52. The Morgan fingerprint density at radius 1 is 1.21 bits per heavy atom. The molecule has 2 aliphatic rings. The average molecular weight is 352 g/mol. The first-order chi connectivity index (χ1) is 11.6. The minimum atomic E-state index is 0.188. The minimum Gasteiger partial charge on any atom is -0.383 e. The zero-order chi connectivity index (χ0) is 16.9. The Hall–Kier alpha value is -1.20. The quantitative estimate of drug-likeness (QED) is 0.841. The number of halogens is 1. The highest BCUT2D eigenvalue weighted by molar-refractivity contribution is 6.28. The Balaban J connectivity index is 1.52. The average Bonchev–Trinajstić information content (AvgIpc) is 2.52. The number of Topliss-reactive ketones (excluding diaryl/α,β-unsaturated/α-hetero) is 1. The number of hydrogen-bond acceptors (Lipinski definition) is 5. The van der Waals surface area contributed by atoms with E-state index in [9.17, 15) is 4.79 Å². The summed E-state index contributed by atoms with van der Waals surface area (Å²) >= 11 is 5.87. The fourth-order valence-corrected chi connectivity index (χ4v) is 4.06. The van der Waals surface area contributed by atoms with Crippen LogP contribution in [0.2, 0.25) is 5.28 Å². The van der Waals surface area contributed by atoms with E-state index in [1.165, 1.54) is 0 Å². The van der Waals surface area contributed by atoms with Gasteiger partial charge in [-0.15, -0.1) is 0 Å². The first-order valence-electron chi connectivity index (χ1n) is 9.04. The fourth-order valence-electron chi connectivity index (χ4n) is 3.87. The maximum atomic E-state index is 12.5. The molecule has 0 saturated carbocycles. The zero-order valence-electron chi connectivity index (χ0n) is 14.1. The normalized spacial score (nSPS) is 24.7. The van der Waals surface area contributed by atoms with E-state index in [2.05, 4.69) is 9.97 Å². The molecule has 2 atom stereocenters. The number of ether oxygens (including phenoxy) is 1. The van der Waals surface area contributed by atoms with Crippen LogP contribution in [-0.2, 0) is 22.4 Å². The van der Waals surface area contributed by atoms with Gasteiger partial charge in [0.05, 0.1) is 5.69 Å². The lowest BCUT2D eigenvalue weighted by molar-refractivity contribution is -0.124. The number of ketones is 1. The first-order valence-corrected chi connectivity index (χ1v) is 9.42. The topological polar surface area (TPSA) is 78.1 Å². The molecule has 1 saturated heterocycles. The molecule has 2 heterocycles. The monoisotopic (exact) mass is 351 g/mol. The molecule has 1 aliphatic carbocycles. The predicted octanol–water partition coefficient (Wildman–Crippen LogP) is 3.37. The lowest BCUT2D eigenvalue weighted by Gasteiger charge is -2.25. The van der Waals surface area contributed by atoms with E-state index in [4.69, 9.17) is 22.1 Å². The highest BCUT2D eigenvalue weighted by Crippen LogP contribution is 2.31. The van der Waals surface area contributed by atoms with Crippen LogP contribution in [-0.4, -0.2) is 29.0 Å². The molecule has 24 heavy (non-hydrogen) atoms. The van der Waals surface area contributed by atoms with Crippen LogP contribution in [0.3, 0.4) is 0 Å². The van der Waals surface area contributed by atoms with Crippen molar-refractivity contribution < 1.29 is 9.53 Å². The van der Waals surface area contributed by atoms with Crippen molar-refractivity contribution in [1.29, 1.82) is 0 Å². The Bertz CT molecular complexity index is 586. The summed E-state index contributed by atoms with van der Waals surface area (Å²) in [6, 6.07) is 0. The number of carbonyl (C=O) groups is 1. The van der Waals surface area contributed by atoms with Crippen LogP contribution < -0.4 is 5.73 Å². The summed E-state index contributed by atoms with van der Waals surface area (Å²) in [6.07, 6.45) is 8.45. The fraction of sp³-hybridized carbons (Fsp3) is 0.722. The van der Waals surface area contributed by atoms with Crippen LogP contribution in [0.1, 0.15) is 56.2 Å². The third kappa shape index (κ3) is 4.45.